The predicted molar refractivity (Wildman–Crippen MR) is 91.4 cm³/mol. The molecular weight excluding hydrogens is 398 g/mol. The first-order valence-corrected chi connectivity index (χ1v) is 8.69. The van der Waals surface area contributed by atoms with Crippen LogP contribution in [0, 0.1) is 0 Å². The molecule has 0 bridgehead atoms. The Hall–Kier alpha value is -1.07. The maximum Gasteiger partial charge on any atom is 0.175 e. The molecule has 1 aromatic carbocycles. The number of nitrogens with zero attached hydrogens (tertiary/aromatic N) is 1. The second-order valence-electron chi connectivity index (χ2n) is 4.43. The molecule has 0 saturated carbocycles. The minimum absolute atomic E-state index is 0.594. The van der Waals surface area contributed by atoms with Crippen molar-refractivity contribution in [2.45, 2.75) is 18.7 Å². The van der Waals surface area contributed by atoms with E-state index in [0.717, 1.165) is 33.3 Å². The van der Waals surface area contributed by atoms with E-state index in [1.54, 1.807) is 12.4 Å². The van der Waals surface area contributed by atoms with Crippen LogP contribution in [0.1, 0.15) is 18.1 Å². The van der Waals surface area contributed by atoms with Crippen molar-refractivity contribution in [1.29, 1.82) is 0 Å². The molecule has 2 aromatic rings. The number of hydrogen-bond donors (Lipinski definition) is 0. The zero-order chi connectivity index (χ0) is 15.1. The second-order valence-corrected chi connectivity index (χ2v) is 5.84. The van der Waals surface area contributed by atoms with Crippen LogP contribution in [0.15, 0.2) is 41.1 Å². The fourth-order valence-electron chi connectivity index (χ4n) is 1.92. The lowest BCUT2D eigenvalue weighted by molar-refractivity contribution is 0.277. The molecule has 0 aliphatic rings. The Balaban J connectivity index is 2.07. The van der Waals surface area contributed by atoms with Gasteiger partial charge in [-0.25, -0.2) is 0 Å². The van der Waals surface area contributed by atoms with Gasteiger partial charge < -0.3 is 9.47 Å². The highest BCUT2D eigenvalue weighted by molar-refractivity contribution is 9.10. The zero-order valence-corrected chi connectivity index (χ0v) is 15.0. The van der Waals surface area contributed by atoms with Gasteiger partial charge in [0, 0.05) is 24.1 Å². The van der Waals surface area contributed by atoms with E-state index in [1.807, 2.05) is 31.2 Å². The molecule has 112 valence electrons. The second kappa shape index (κ2) is 8.39. The normalized spacial score (nSPS) is 10.4. The molecule has 0 spiro atoms. The maximum atomic E-state index is 5.92. The predicted octanol–water partition coefficient (Wildman–Crippen LogP) is 4.76. The van der Waals surface area contributed by atoms with Gasteiger partial charge in [0.1, 0.15) is 0 Å². The van der Waals surface area contributed by atoms with E-state index < -0.39 is 0 Å². The van der Waals surface area contributed by atoms with Gasteiger partial charge in [0.15, 0.2) is 11.5 Å². The van der Waals surface area contributed by atoms with Gasteiger partial charge >= 0.3 is 0 Å². The fraction of sp³-hybridized carbons (Fsp3) is 0.312. The van der Waals surface area contributed by atoms with Crippen LogP contribution in [0.4, 0.5) is 0 Å². The van der Waals surface area contributed by atoms with Crippen molar-refractivity contribution in [3.63, 3.8) is 0 Å². The Morgan fingerprint density at radius 3 is 2.52 bits per heavy atom. The van der Waals surface area contributed by atoms with Crippen molar-refractivity contribution >= 4 is 31.9 Å². The summed E-state index contributed by atoms with van der Waals surface area (Å²) >= 11 is 7.02. The van der Waals surface area contributed by atoms with Gasteiger partial charge in [-0.15, -0.1) is 0 Å². The Bertz CT molecular complexity index is 576. The first kappa shape index (κ1) is 16.3. The lowest BCUT2D eigenvalue weighted by Gasteiger charge is -2.15. The molecule has 0 fully saturated rings. The third kappa shape index (κ3) is 4.71. The number of alkyl halides is 1. The summed E-state index contributed by atoms with van der Waals surface area (Å²) in [7, 11) is 0. The Morgan fingerprint density at radius 2 is 1.86 bits per heavy atom. The summed E-state index contributed by atoms with van der Waals surface area (Å²) in [6.07, 6.45) is 4.42. The molecule has 2 rings (SSSR count). The van der Waals surface area contributed by atoms with Crippen LogP contribution < -0.4 is 9.47 Å². The molecule has 3 nitrogen and oxygen atoms in total. The molecule has 1 aromatic heterocycles. The van der Waals surface area contributed by atoms with Crippen molar-refractivity contribution in [2.75, 3.05) is 13.2 Å². The number of pyridine rings is 1. The summed E-state index contributed by atoms with van der Waals surface area (Å²) in [5.41, 5.74) is 2.35. The summed E-state index contributed by atoms with van der Waals surface area (Å²) in [5, 5.41) is 0.781. The highest BCUT2D eigenvalue weighted by Crippen LogP contribution is 2.37. The highest BCUT2D eigenvalue weighted by Gasteiger charge is 2.12. The topological polar surface area (TPSA) is 31.4 Å². The summed E-state index contributed by atoms with van der Waals surface area (Å²) < 4.78 is 12.5. The lowest BCUT2D eigenvalue weighted by Crippen LogP contribution is -2.05. The molecule has 0 aliphatic heterocycles. The standard InChI is InChI=1S/C16H17Br2NO2/c1-2-20-15-10-13(11-17)9-14(18)16(15)21-8-5-12-3-6-19-7-4-12/h3-4,6-7,9-10H,2,5,8,11H2,1H3. The highest BCUT2D eigenvalue weighted by atomic mass is 79.9. The molecule has 0 radical (unpaired) electrons. The zero-order valence-electron chi connectivity index (χ0n) is 11.8. The number of halogens is 2. The minimum Gasteiger partial charge on any atom is -0.490 e. The molecule has 5 heteroatoms. The average molecular weight is 415 g/mol. The van der Waals surface area contributed by atoms with Crippen molar-refractivity contribution in [2.24, 2.45) is 0 Å². The van der Waals surface area contributed by atoms with Gasteiger partial charge in [0.25, 0.3) is 0 Å². The summed E-state index contributed by atoms with van der Waals surface area (Å²) in [6, 6.07) is 8.04. The van der Waals surface area contributed by atoms with E-state index in [0.29, 0.717) is 13.2 Å². The van der Waals surface area contributed by atoms with E-state index in [4.69, 9.17) is 9.47 Å². The SMILES string of the molecule is CCOc1cc(CBr)cc(Br)c1OCCc1ccncc1. The van der Waals surface area contributed by atoms with Gasteiger partial charge in [-0.1, -0.05) is 15.9 Å². The van der Waals surface area contributed by atoms with Gasteiger partial charge in [-0.05, 0) is 58.2 Å². The van der Waals surface area contributed by atoms with Crippen LogP contribution in [0.3, 0.4) is 0 Å². The third-order valence-electron chi connectivity index (χ3n) is 2.91. The van der Waals surface area contributed by atoms with Crippen molar-refractivity contribution in [3.8, 4) is 11.5 Å². The van der Waals surface area contributed by atoms with E-state index >= 15 is 0 Å². The van der Waals surface area contributed by atoms with Crippen LogP contribution in [0.25, 0.3) is 0 Å². The molecule has 0 unspecified atom stereocenters. The monoisotopic (exact) mass is 413 g/mol. The van der Waals surface area contributed by atoms with E-state index in [2.05, 4.69) is 36.8 Å². The number of benzene rings is 1. The first-order valence-electron chi connectivity index (χ1n) is 6.77. The third-order valence-corrected chi connectivity index (χ3v) is 4.15. The maximum absolute atomic E-state index is 5.92. The molecule has 21 heavy (non-hydrogen) atoms. The van der Waals surface area contributed by atoms with Crippen LogP contribution in [0.5, 0.6) is 11.5 Å². The molecule has 1 heterocycles. The molecule has 0 aliphatic carbocycles. The number of hydrogen-bond acceptors (Lipinski definition) is 3. The Morgan fingerprint density at radius 1 is 1.10 bits per heavy atom. The Labute approximate surface area is 141 Å². The van der Waals surface area contributed by atoms with Crippen molar-refractivity contribution in [1.82, 2.24) is 4.98 Å². The van der Waals surface area contributed by atoms with Crippen molar-refractivity contribution < 1.29 is 9.47 Å². The minimum atomic E-state index is 0.594. The molecule has 0 N–H and O–H groups in total. The Kier molecular flexibility index (Phi) is 6.51. The van der Waals surface area contributed by atoms with Crippen LogP contribution >= 0.6 is 31.9 Å². The van der Waals surface area contributed by atoms with Gasteiger partial charge in [-0.2, -0.15) is 0 Å². The number of rotatable bonds is 7. The number of ether oxygens (including phenoxy) is 2. The quantitative estimate of drug-likeness (QED) is 0.612. The summed E-state index contributed by atoms with van der Waals surface area (Å²) in [4.78, 5) is 4.01. The van der Waals surface area contributed by atoms with Crippen LogP contribution in [-0.4, -0.2) is 18.2 Å². The van der Waals surface area contributed by atoms with Gasteiger partial charge in [-0.3, -0.25) is 4.98 Å². The molecular formula is C16H17Br2NO2. The van der Waals surface area contributed by atoms with E-state index in [1.165, 1.54) is 5.56 Å². The molecule has 0 amide bonds. The van der Waals surface area contributed by atoms with Gasteiger partial charge in [0.05, 0.1) is 17.7 Å². The average Bonchev–Trinajstić information content (AvgIpc) is 2.51. The lowest BCUT2D eigenvalue weighted by atomic mass is 10.2. The fourth-order valence-corrected chi connectivity index (χ4v) is 2.85. The van der Waals surface area contributed by atoms with Gasteiger partial charge in [0.2, 0.25) is 0 Å². The molecule has 0 atom stereocenters. The van der Waals surface area contributed by atoms with E-state index in [9.17, 15) is 0 Å². The first-order chi connectivity index (χ1) is 10.2. The summed E-state index contributed by atoms with van der Waals surface area (Å²) in [6.45, 7) is 3.17. The smallest absolute Gasteiger partial charge is 0.175 e. The van der Waals surface area contributed by atoms with E-state index in [-0.39, 0.29) is 0 Å². The van der Waals surface area contributed by atoms with Crippen LogP contribution in [0.2, 0.25) is 0 Å². The van der Waals surface area contributed by atoms with Crippen molar-refractivity contribution in [3.05, 3.63) is 52.3 Å². The number of aromatic nitrogens is 1. The largest absolute Gasteiger partial charge is 0.490 e. The van der Waals surface area contributed by atoms with Crippen LogP contribution in [-0.2, 0) is 11.8 Å². The molecule has 0 saturated heterocycles. The summed E-state index contributed by atoms with van der Waals surface area (Å²) in [5.74, 6) is 1.53.